The molecule has 0 atom stereocenters. The molecule has 0 fully saturated rings. The molecule has 2 N–H and O–H groups in total. The van der Waals surface area contributed by atoms with Gasteiger partial charge in [0.2, 0.25) is 5.91 Å². The number of carbonyl (C=O) groups excluding carboxylic acids is 2. The second kappa shape index (κ2) is 11.3. The minimum absolute atomic E-state index is 0.0362. The monoisotopic (exact) mass is 480 g/mol. The summed E-state index contributed by atoms with van der Waals surface area (Å²) in [5.74, 6) is 0.0393. The lowest BCUT2D eigenvalue weighted by atomic mass is 9.98. The van der Waals surface area contributed by atoms with Crippen LogP contribution in [-0.2, 0) is 14.4 Å². The van der Waals surface area contributed by atoms with Crippen molar-refractivity contribution in [3.05, 3.63) is 47.7 Å². The summed E-state index contributed by atoms with van der Waals surface area (Å²) in [6, 6.07) is 9.19. The van der Waals surface area contributed by atoms with Gasteiger partial charge in [-0.25, -0.2) is 0 Å². The number of rotatable bonds is 11. The van der Waals surface area contributed by atoms with Crippen LogP contribution in [0, 0.1) is 13.8 Å². The highest BCUT2D eigenvalue weighted by Gasteiger charge is 2.18. The quantitative estimate of drug-likeness (QED) is 0.401. The second-order valence-electron chi connectivity index (χ2n) is 8.08. The first-order valence-corrected chi connectivity index (χ1v) is 11.1. The largest absolute Gasteiger partial charge is 0.496 e. The Balaban J connectivity index is 1.83. The number of methoxy groups -OCH3 is 2. The normalized spacial score (nSPS) is 10.6. The molecule has 0 unspecified atom stereocenters. The summed E-state index contributed by atoms with van der Waals surface area (Å²) in [6.07, 6.45) is 1.16. The SMILES string of the molecule is COc1ccc(-c2cnoc2-c2cc(C)c(C)c(OC)c2)cc1NC(=O)CCC(=O)CCC(=O)O. The van der Waals surface area contributed by atoms with Crippen molar-refractivity contribution in [2.24, 2.45) is 0 Å². The fourth-order valence-corrected chi connectivity index (χ4v) is 3.63. The predicted molar refractivity (Wildman–Crippen MR) is 130 cm³/mol. The number of ether oxygens (including phenoxy) is 2. The average Bonchev–Trinajstić information content (AvgIpc) is 3.33. The molecule has 0 aliphatic heterocycles. The topological polar surface area (TPSA) is 128 Å². The lowest BCUT2D eigenvalue weighted by Crippen LogP contribution is -2.14. The van der Waals surface area contributed by atoms with Gasteiger partial charge >= 0.3 is 5.97 Å². The van der Waals surface area contributed by atoms with Crippen LogP contribution >= 0.6 is 0 Å². The van der Waals surface area contributed by atoms with E-state index in [4.69, 9.17) is 19.1 Å². The standard InChI is InChI=1S/C26H28N2O7/c1-15-11-18(13-23(34-4)16(15)2)26-20(14-27-35-26)17-5-8-22(33-3)21(12-17)28-24(30)9-6-19(29)7-10-25(31)32/h5,8,11-14H,6-7,9-10H2,1-4H3,(H,28,30)(H,31,32). The van der Waals surface area contributed by atoms with E-state index < -0.39 is 5.97 Å². The van der Waals surface area contributed by atoms with Gasteiger partial charge in [0.25, 0.3) is 0 Å². The Morgan fingerprint density at radius 3 is 2.34 bits per heavy atom. The minimum atomic E-state index is -1.04. The zero-order valence-electron chi connectivity index (χ0n) is 20.1. The van der Waals surface area contributed by atoms with Crippen LogP contribution in [-0.4, -0.2) is 42.1 Å². The number of aromatic nitrogens is 1. The Hall–Kier alpha value is -4.14. The van der Waals surface area contributed by atoms with Gasteiger partial charge in [0, 0.05) is 30.4 Å². The number of ketones is 1. The summed E-state index contributed by atoms with van der Waals surface area (Å²) in [5, 5.41) is 15.4. The highest BCUT2D eigenvalue weighted by Crippen LogP contribution is 2.38. The molecule has 35 heavy (non-hydrogen) atoms. The van der Waals surface area contributed by atoms with E-state index in [1.807, 2.05) is 32.0 Å². The van der Waals surface area contributed by atoms with E-state index in [1.54, 1.807) is 25.4 Å². The van der Waals surface area contributed by atoms with E-state index in [9.17, 15) is 14.4 Å². The van der Waals surface area contributed by atoms with E-state index in [1.165, 1.54) is 7.11 Å². The number of nitrogens with one attached hydrogen (secondary N) is 1. The van der Waals surface area contributed by atoms with Gasteiger partial charge < -0.3 is 24.4 Å². The van der Waals surface area contributed by atoms with Crippen LogP contribution in [0.4, 0.5) is 5.69 Å². The number of carboxylic acids is 1. The van der Waals surface area contributed by atoms with Gasteiger partial charge in [-0.15, -0.1) is 0 Å². The molecule has 9 heteroatoms. The zero-order valence-corrected chi connectivity index (χ0v) is 20.1. The number of aliphatic carboxylic acids is 1. The highest BCUT2D eigenvalue weighted by molar-refractivity contribution is 5.96. The number of hydrogen-bond donors (Lipinski definition) is 2. The Labute approximate surface area is 203 Å². The van der Waals surface area contributed by atoms with Gasteiger partial charge in [-0.2, -0.15) is 0 Å². The van der Waals surface area contributed by atoms with Gasteiger partial charge in [-0.1, -0.05) is 11.2 Å². The van der Waals surface area contributed by atoms with E-state index in [0.29, 0.717) is 17.2 Å². The number of aryl methyl sites for hydroxylation is 1. The zero-order chi connectivity index (χ0) is 25.5. The van der Waals surface area contributed by atoms with Crippen LogP contribution in [0.5, 0.6) is 11.5 Å². The minimum Gasteiger partial charge on any atom is -0.496 e. The molecule has 1 aromatic heterocycles. The molecular formula is C26H28N2O7. The fourth-order valence-electron chi connectivity index (χ4n) is 3.63. The Bertz CT molecular complexity index is 1250. The molecular weight excluding hydrogens is 452 g/mol. The first kappa shape index (κ1) is 25.5. The smallest absolute Gasteiger partial charge is 0.303 e. The average molecular weight is 481 g/mol. The van der Waals surface area contributed by atoms with Crippen LogP contribution in [0.1, 0.15) is 36.8 Å². The molecule has 0 bridgehead atoms. The molecule has 3 rings (SSSR count). The van der Waals surface area contributed by atoms with Crippen molar-refractivity contribution in [1.29, 1.82) is 0 Å². The van der Waals surface area contributed by atoms with Crippen LogP contribution in [0.25, 0.3) is 22.5 Å². The number of nitrogens with zero attached hydrogens (tertiary/aromatic N) is 1. The lowest BCUT2D eigenvalue weighted by Gasteiger charge is -2.13. The molecule has 2 aromatic carbocycles. The van der Waals surface area contributed by atoms with E-state index in [0.717, 1.165) is 33.6 Å². The maximum absolute atomic E-state index is 12.5. The molecule has 9 nitrogen and oxygen atoms in total. The van der Waals surface area contributed by atoms with Crippen molar-refractivity contribution in [3.63, 3.8) is 0 Å². The summed E-state index contributed by atoms with van der Waals surface area (Å²) < 4.78 is 16.4. The van der Waals surface area contributed by atoms with Crippen molar-refractivity contribution >= 4 is 23.3 Å². The van der Waals surface area contributed by atoms with Crippen molar-refractivity contribution in [2.75, 3.05) is 19.5 Å². The number of amides is 1. The first-order valence-electron chi connectivity index (χ1n) is 11.1. The maximum atomic E-state index is 12.5. The molecule has 184 valence electrons. The molecule has 0 spiro atoms. The Morgan fingerprint density at radius 1 is 0.943 bits per heavy atom. The van der Waals surface area contributed by atoms with Gasteiger partial charge in [0.05, 0.1) is 32.5 Å². The number of Topliss-reactive ketones (excluding diaryl/α,β-unsaturated/α-hetero) is 1. The van der Waals surface area contributed by atoms with Crippen molar-refractivity contribution in [1.82, 2.24) is 5.16 Å². The Morgan fingerprint density at radius 2 is 1.66 bits per heavy atom. The molecule has 1 heterocycles. The number of carbonyl (C=O) groups is 3. The third-order valence-corrected chi connectivity index (χ3v) is 5.71. The summed E-state index contributed by atoms with van der Waals surface area (Å²) in [4.78, 5) is 34.9. The van der Waals surface area contributed by atoms with Crippen LogP contribution in [0.3, 0.4) is 0 Å². The second-order valence-corrected chi connectivity index (χ2v) is 8.08. The van der Waals surface area contributed by atoms with Gasteiger partial charge in [-0.05, 0) is 54.8 Å². The molecule has 0 saturated heterocycles. The summed E-state index contributed by atoms with van der Waals surface area (Å²) >= 11 is 0. The summed E-state index contributed by atoms with van der Waals surface area (Å²) in [5.41, 5.74) is 4.77. The predicted octanol–water partition coefficient (Wildman–Crippen LogP) is 4.80. The third-order valence-electron chi connectivity index (χ3n) is 5.71. The summed E-state index contributed by atoms with van der Waals surface area (Å²) in [6.45, 7) is 3.97. The number of carboxylic acid groups (broad SMARTS) is 1. The molecule has 0 saturated carbocycles. The van der Waals surface area contributed by atoms with E-state index >= 15 is 0 Å². The van der Waals surface area contributed by atoms with Crippen LogP contribution in [0.15, 0.2) is 41.1 Å². The van der Waals surface area contributed by atoms with Crippen molar-refractivity contribution in [3.8, 4) is 33.9 Å². The number of anilines is 1. The fraction of sp³-hybridized carbons (Fsp3) is 0.308. The van der Waals surface area contributed by atoms with Crippen molar-refractivity contribution in [2.45, 2.75) is 39.5 Å². The highest BCUT2D eigenvalue weighted by atomic mass is 16.5. The first-order chi connectivity index (χ1) is 16.7. The van der Waals surface area contributed by atoms with Crippen LogP contribution < -0.4 is 14.8 Å². The molecule has 0 aliphatic rings. The third kappa shape index (κ3) is 6.26. The van der Waals surface area contributed by atoms with Crippen LogP contribution in [0.2, 0.25) is 0 Å². The molecule has 1 amide bonds. The van der Waals surface area contributed by atoms with Crippen molar-refractivity contribution < 1.29 is 33.5 Å². The van der Waals surface area contributed by atoms with E-state index in [-0.39, 0.29) is 37.4 Å². The number of benzene rings is 2. The van der Waals surface area contributed by atoms with Gasteiger partial charge in [-0.3, -0.25) is 14.4 Å². The Kier molecular flexibility index (Phi) is 8.25. The molecule has 0 aliphatic carbocycles. The number of hydrogen-bond acceptors (Lipinski definition) is 7. The van der Waals surface area contributed by atoms with Gasteiger partial charge in [0.1, 0.15) is 17.3 Å². The maximum Gasteiger partial charge on any atom is 0.303 e. The molecule has 3 aromatic rings. The molecule has 0 radical (unpaired) electrons. The van der Waals surface area contributed by atoms with Gasteiger partial charge in [0.15, 0.2) is 5.76 Å². The van der Waals surface area contributed by atoms with E-state index in [2.05, 4.69) is 10.5 Å². The summed E-state index contributed by atoms with van der Waals surface area (Å²) in [7, 11) is 3.11. The lowest BCUT2D eigenvalue weighted by molar-refractivity contribution is -0.138.